The van der Waals surface area contributed by atoms with Gasteiger partial charge in [0.1, 0.15) is 5.69 Å². The molecule has 0 saturated carbocycles. The van der Waals surface area contributed by atoms with Gasteiger partial charge in [0.15, 0.2) is 10.9 Å². The van der Waals surface area contributed by atoms with Crippen LogP contribution in [0, 0.1) is 10.1 Å². The van der Waals surface area contributed by atoms with Crippen molar-refractivity contribution in [3.63, 3.8) is 0 Å². The lowest BCUT2D eigenvalue weighted by atomic mass is 10.2. The van der Waals surface area contributed by atoms with Crippen molar-refractivity contribution in [1.82, 2.24) is 0 Å². The molecule has 0 atom stereocenters. The monoisotopic (exact) mass is 438 g/mol. The highest BCUT2D eigenvalue weighted by molar-refractivity contribution is 7.69. The largest absolute Gasteiger partial charge is 0.378 e. The average molecular weight is 439 g/mol. The molecule has 0 aromatic heterocycles. The van der Waals surface area contributed by atoms with Crippen LogP contribution >= 0.6 is 0 Å². The number of rotatable bonds is 16. The molecule has 29 heavy (non-hydrogen) atoms. The van der Waals surface area contributed by atoms with Crippen LogP contribution < -0.4 is 16.2 Å². The van der Waals surface area contributed by atoms with Crippen molar-refractivity contribution in [2.24, 2.45) is 10.9 Å². The standard InChI is InChI=1S/C16H27N3O6.H3NO2S/c17-5-7-22-9-11-24-13-14-25-12-10-23-8-6-18-15-3-1-2-4-16(15)19(20)21;1-4(2)3/h1-4,18H,5-14,17H2;4H,(H2,1,2,3). The van der Waals surface area contributed by atoms with E-state index in [0.29, 0.717) is 71.6 Å². The highest BCUT2D eigenvalue weighted by Crippen LogP contribution is 2.22. The van der Waals surface area contributed by atoms with Crippen molar-refractivity contribution >= 4 is 22.3 Å². The molecule has 0 fully saturated rings. The lowest BCUT2D eigenvalue weighted by Gasteiger charge is -2.08. The number of nitro benzene ring substituents is 1. The number of anilines is 1. The van der Waals surface area contributed by atoms with Gasteiger partial charge in [-0.25, -0.2) is 13.6 Å². The summed E-state index contributed by atoms with van der Waals surface area (Å²) < 4.78 is 38.9. The lowest BCUT2D eigenvalue weighted by molar-refractivity contribution is -0.384. The minimum absolute atomic E-state index is 0.0549. The minimum atomic E-state index is -2.62. The van der Waals surface area contributed by atoms with E-state index in [9.17, 15) is 10.1 Å². The number of nitrogens with zero attached hydrogens (tertiary/aromatic N) is 1. The molecular weight excluding hydrogens is 408 g/mol. The Bertz CT molecular complexity index is 610. The van der Waals surface area contributed by atoms with Crippen molar-refractivity contribution in [3.05, 3.63) is 34.4 Å². The number of nitrogens with one attached hydrogen (secondary N) is 1. The van der Waals surface area contributed by atoms with Gasteiger partial charge in [-0.05, 0) is 6.07 Å². The van der Waals surface area contributed by atoms with Crippen molar-refractivity contribution in [2.45, 2.75) is 0 Å². The molecule has 0 saturated heterocycles. The number of hydrogen-bond donors (Lipinski definition) is 4. The second-order valence-electron chi connectivity index (χ2n) is 5.22. The molecule has 1 aromatic carbocycles. The Morgan fingerprint density at radius 3 is 1.83 bits per heavy atom. The maximum Gasteiger partial charge on any atom is 0.292 e. The van der Waals surface area contributed by atoms with Gasteiger partial charge >= 0.3 is 0 Å². The van der Waals surface area contributed by atoms with E-state index in [1.807, 2.05) is 0 Å². The van der Waals surface area contributed by atoms with Crippen molar-refractivity contribution in [1.29, 1.82) is 0 Å². The Morgan fingerprint density at radius 2 is 1.34 bits per heavy atom. The first kappa shape index (κ1) is 27.1. The van der Waals surface area contributed by atoms with Gasteiger partial charge in [-0.15, -0.1) is 0 Å². The third-order valence-electron chi connectivity index (χ3n) is 3.04. The molecule has 0 aliphatic rings. The summed E-state index contributed by atoms with van der Waals surface area (Å²) in [6.07, 6.45) is 0. The molecule has 0 aliphatic carbocycles. The maximum atomic E-state index is 10.9. The summed E-state index contributed by atoms with van der Waals surface area (Å²) >= 11 is 0. The predicted molar refractivity (Wildman–Crippen MR) is 108 cm³/mol. The fraction of sp³-hybridized carbons (Fsp3) is 0.625. The van der Waals surface area contributed by atoms with Crippen molar-refractivity contribution < 1.29 is 32.3 Å². The molecule has 0 bridgehead atoms. The maximum absolute atomic E-state index is 10.9. The van der Waals surface area contributed by atoms with Crippen LogP contribution in [0.2, 0.25) is 0 Å². The number of para-hydroxylation sites is 2. The Balaban J connectivity index is 0.00000178. The van der Waals surface area contributed by atoms with Gasteiger partial charge in [-0.3, -0.25) is 10.1 Å². The first-order chi connectivity index (χ1) is 14.0. The van der Waals surface area contributed by atoms with Gasteiger partial charge in [-0.1, -0.05) is 12.1 Å². The van der Waals surface area contributed by atoms with Crippen LogP contribution in [0.1, 0.15) is 0 Å². The van der Waals surface area contributed by atoms with Crippen LogP contribution in [0.15, 0.2) is 24.3 Å². The summed E-state index contributed by atoms with van der Waals surface area (Å²) in [5.41, 5.74) is 5.83. The molecule has 12 nitrogen and oxygen atoms in total. The van der Waals surface area contributed by atoms with Crippen LogP contribution in [0.4, 0.5) is 11.4 Å². The van der Waals surface area contributed by atoms with Gasteiger partial charge in [0.2, 0.25) is 0 Å². The quantitative estimate of drug-likeness (QED) is 0.114. The van der Waals surface area contributed by atoms with Crippen molar-refractivity contribution in [2.75, 3.05) is 71.3 Å². The molecule has 0 spiro atoms. The fourth-order valence-corrected chi connectivity index (χ4v) is 1.89. The third-order valence-corrected chi connectivity index (χ3v) is 3.04. The predicted octanol–water partition coefficient (Wildman–Crippen LogP) is -0.497. The van der Waals surface area contributed by atoms with Gasteiger partial charge < -0.3 is 30.0 Å². The normalized spacial score (nSPS) is 10.4. The number of ether oxygens (including phenoxy) is 4. The Kier molecular flexibility index (Phi) is 18.2. The lowest BCUT2D eigenvalue weighted by Crippen LogP contribution is -2.15. The van der Waals surface area contributed by atoms with Crippen LogP contribution in [0.25, 0.3) is 0 Å². The fourth-order valence-electron chi connectivity index (χ4n) is 1.89. The summed E-state index contributed by atoms with van der Waals surface area (Å²) in [4.78, 5) is 10.5. The van der Waals surface area contributed by atoms with Crippen LogP contribution in [-0.4, -0.2) is 79.3 Å². The molecule has 13 heteroatoms. The second-order valence-corrected chi connectivity index (χ2v) is 5.80. The SMILES string of the molecule is NCCOCCOCCOCCOCCNc1ccccc1[N+](=O)[O-].N[SH](=O)=O. The van der Waals surface area contributed by atoms with E-state index in [1.165, 1.54) is 6.07 Å². The first-order valence-corrected chi connectivity index (χ1v) is 10.1. The Labute approximate surface area is 171 Å². The molecule has 0 aliphatic heterocycles. The minimum Gasteiger partial charge on any atom is -0.378 e. The zero-order chi connectivity index (χ0) is 21.7. The van der Waals surface area contributed by atoms with Gasteiger partial charge in [0, 0.05) is 19.2 Å². The number of nitro groups is 1. The summed E-state index contributed by atoms with van der Waals surface area (Å²) in [6, 6.07) is 6.51. The number of nitrogens with two attached hydrogens (primary N) is 2. The summed E-state index contributed by atoms with van der Waals surface area (Å²) in [7, 11) is -2.62. The van der Waals surface area contributed by atoms with E-state index in [4.69, 9.17) is 33.1 Å². The molecule has 5 N–H and O–H groups in total. The zero-order valence-electron chi connectivity index (χ0n) is 16.2. The van der Waals surface area contributed by atoms with Gasteiger partial charge in [0.25, 0.3) is 5.69 Å². The summed E-state index contributed by atoms with van der Waals surface area (Å²) in [5, 5.41) is 17.9. The molecule has 0 heterocycles. The molecule has 1 aromatic rings. The van der Waals surface area contributed by atoms with Crippen LogP contribution in [0.5, 0.6) is 0 Å². The van der Waals surface area contributed by atoms with Crippen LogP contribution in [0.3, 0.4) is 0 Å². The van der Waals surface area contributed by atoms with E-state index in [2.05, 4.69) is 10.5 Å². The van der Waals surface area contributed by atoms with E-state index in [-0.39, 0.29) is 5.69 Å². The zero-order valence-corrected chi connectivity index (χ0v) is 17.1. The summed E-state index contributed by atoms with van der Waals surface area (Å²) in [5.74, 6) is 0. The van der Waals surface area contributed by atoms with Gasteiger partial charge in [0.05, 0.1) is 57.8 Å². The number of hydrogen-bond acceptors (Lipinski definition) is 10. The molecule has 168 valence electrons. The molecule has 0 unspecified atom stereocenters. The highest BCUT2D eigenvalue weighted by atomic mass is 32.2. The van der Waals surface area contributed by atoms with Crippen molar-refractivity contribution in [3.8, 4) is 0 Å². The summed E-state index contributed by atoms with van der Waals surface area (Å²) in [6.45, 7) is 4.96. The Hall–Kier alpha value is -1.87. The van der Waals surface area contributed by atoms with E-state index >= 15 is 0 Å². The first-order valence-electron chi connectivity index (χ1n) is 8.86. The Morgan fingerprint density at radius 1 is 0.897 bits per heavy atom. The second kappa shape index (κ2) is 19.4. The van der Waals surface area contributed by atoms with E-state index in [1.54, 1.807) is 18.2 Å². The highest BCUT2D eigenvalue weighted by Gasteiger charge is 2.10. The third kappa shape index (κ3) is 17.9. The number of thiol groups is 1. The number of benzene rings is 1. The molecular formula is C16H30N4O8S. The molecule has 0 radical (unpaired) electrons. The molecule has 1 rings (SSSR count). The smallest absolute Gasteiger partial charge is 0.292 e. The van der Waals surface area contributed by atoms with Crippen LogP contribution in [-0.2, 0) is 29.8 Å². The van der Waals surface area contributed by atoms with E-state index < -0.39 is 15.8 Å². The van der Waals surface area contributed by atoms with Gasteiger partial charge in [-0.2, -0.15) is 0 Å². The topological polar surface area (TPSA) is 178 Å². The van der Waals surface area contributed by atoms with E-state index in [0.717, 1.165) is 0 Å². The average Bonchev–Trinajstić information content (AvgIpc) is 2.68. The molecule has 0 amide bonds.